The summed E-state index contributed by atoms with van der Waals surface area (Å²) >= 11 is 0. The van der Waals surface area contributed by atoms with Crippen molar-refractivity contribution in [2.24, 2.45) is 0 Å². The van der Waals surface area contributed by atoms with Crippen molar-refractivity contribution in [3.63, 3.8) is 0 Å². The standard InChI is InChI=1S/C18H20FN3O3/c19-14-4-2-1-3-13(14)18(5-6-18)17(25)21-7-8-22-12(10-21)9-15(20-22)16(24)11-23/h1-4,9,16,23-24H,5-8,10-11H2. The second-order valence-corrected chi connectivity index (χ2v) is 6.77. The van der Waals surface area contributed by atoms with Crippen LogP contribution in [0.5, 0.6) is 0 Å². The Morgan fingerprint density at radius 3 is 2.76 bits per heavy atom. The molecule has 25 heavy (non-hydrogen) atoms. The Labute approximate surface area is 144 Å². The van der Waals surface area contributed by atoms with Gasteiger partial charge in [-0.2, -0.15) is 5.10 Å². The van der Waals surface area contributed by atoms with Crippen LogP contribution in [0, 0.1) is 5.82 Å². The van der Waals surface area contributed by atoms with Gasteiger partial charge in [0.1, 0.15) is 11.9 Å². The number of nitrogens with zero attached hydrogens (tertiary/aromatic N) is 3. The van der Waals surface area contributed by atoms with Crippen molar-refractivity contribution in [1.29, 1.82) is 0 Å². The number of aromatic nitrogens is 2. The Morgan fingerprint density at radius 2 is 2.08 bits per heavy atom. The van der Waals surface area contributed by atoms with Gasteiger partial charge in [0.05, 0.1) is 36.5 Å². The van der Waals surface area contributed by atoms with E-state index in [1.54, 1.807) is 33.8 Å². The normalized spacial score (nSPS) is 19.4. The predicted octanol–water partition coefficient (Wildman–Crippen LogP) is 1.12. The summed E-state index contributed by atoms with van der Waals surface area (Å²) in [6, 6.07) is 8.20. The molecule has 132 valence electrons. The second-order valence-electron chi connectivity index (χ2n) is 6.77. The van der Waals surface area contributed by atoms with Crippen LogP contribution in [0.25, 0.3) is 0 Å². The van der Waals surface area contributed by atoms with Crippen LogP contribution in [0.4, 0.5) is 4.39 Å². The molecule has 7 heteroatoms. The van der Waals surface area contributed by atoms with Crippen LogP contribution < -0.4 is 0 Å². The van der Waals surface area contributed by atoms with Gasteiger partial charge in [-0.05, 0) is 25.0 Å². The molecule has 0 spiro atoms. The van der Waals surface area contributed by atoms with E-state index in [0.717, 1.165) is 5.69 Å². The number of halogens is 1. The van der Waals surface area contributed by atoms with Crippen molar-refractivity contribution in [3.8, 4) is 0 Å². The van der Waals surface area contributed by atoms with E-state index >= 15 is 0 Å². The lowest BCUT2D eigenvalue weighted by molar-refractivity contribution is -0.135. The molecule has 2 aliphatic rings. The van der Waals surface area contributed by atoms with Crippen LogP contribution in [0.2, 0.25) is 0 Å². The van der Waals surface area contributed by atoms with Crippen molar-refractivity contribution >= 4 is 5.91 Å². The molecule has 0 saturated heterocycles. The molecule has 2 N–H and O–H groups in total. The summed E-state index contributed by atoms with van der Waals surface area (Å²) < 4.78 is 15.9. The van der Waals surface area contributed by atoms with E-state index in [4.69, 9.17) is 5.11 Å². The fourth-order valence-electron chi connectivity index (χ4n) is 3.59. The number of aliphatic hydroxyl groups excluding tert-OH is 2. The molecule has 1 unspecified atom stereocenters. The largest absolute Gasteiger partial charge is 0.393 e. The molecule has 0 bridgehead atoms. The molecule has 6 nitrogen and oxygen atoms in total. The first-order chi connectivity index (χ1) is 12.0. The third kappa shape index (κ3) is 2.63. The van der Waals surface area contributed by atoms with E-state index in [0.29, 0.717) is 43.7 Å². The first-order valence-electron chi connectivity index (χ1n) is 8.45. The summed E-state index contributed by atoms with van der Waals surface area (Å²) in [5.74, 6) is -0.377. The van der Waals surface area contributed by atoms with E-state index in [1.165, 1.54) is 6.07 Å². The van der Waals surface area contributed by atoms with Gasteiger partial charge in [-0.1, -0.05) is 18.2 Å². The number of aliphatic hydroxyl groups is 2. The molecular formula is C18H20FN3O3. The Kier molecular flexibility index (Phi) is 3.85. The summed E-state index contributed by atoms with van der Waals surface area (Å²) in [5.41, 5.74) is 0.963. The highest BCUT2D eigenvalue weighted by atomic mass is 19.1. The molecular weight excluding hydrogens is 325 g/mol. The predicted molar refractivity (Wildman–Crippen MR) is 87.0 cm³/mol. The van der Waals surface area contributed by atoms with E-state index in [2.05, 4.69) is 5.10 Å². The SMILES string of the molecule is O=C(N1CCn2nc(C(O)CO)cc2C1)C1(c2ccccc2F)CC1. The van der Waals surface area contributed by atoms with Gasteiger partial charge < -0.3 is 15.1 Å². The maximum Gasteiger partial charge on any atom is 0.233 e. The Morgan fingerprint density at radius 1 is 1.32 bits per heavy atom. The zero-order valence-electron chi connectivity index (χ0n) is 13.7. The third-order valence-corrected chi connectivity index (χ3v) is 5.17. The van der Waals surface area contributed by atoms with E-state index in [-0.39, 0.29) is 11.7 Å². The van der Waals surface area contributed by atoms with Gasteiger partial charge in [0.2, 0.25) is 5.91 Å². The molecule has 1 aromatic carbocycles. The molecule has 1 atom stereocenters. The maximum absolute atomic E-state index is 14.2. The van der Waals surface area contributed by atoms with Crippen LogP contribution >= 0.6 is 0 Å². The molecule has 1 aliphatic carbocycles. The molecule has 4 rings (SSSR count). The Balaban J connectivity index is 1.57. The minimum absolute atomic E-state index is 0.0469. The van der Waals surface area contributed by atoms with Crippen LogP contribution in [0.15, 0.2) is 30.3 Å². The highest BCUT2D eigenvalue weighted by Crippen LogP contribution is 2.50. The minimum Gasteiger partial charge on any atom is -0.393 e. The third-order valence-electron chi connectivity index (χ3n) is 5.17. The van der Waals surface area contributed by atoms with Gasteiger partial charge in [0, 0.05) is 12.1 Å². The average molecular weight is 345 g/mol. The van der Waals surface area contributed by atoms with Crippen molar-refractivity contribution < 1.29 is 19.4 Å². The monoisotopic (exact) mass is 345 g/mol. The smallest absolute Gasteiger partial charge is 0.233 e. The molecule has 1 aromatic heterocycles. The number of amides is 1. The van der Waals surface area contributed by atoms with Gasteiger partial charge >= 0.3 is 0 Å². The van der Waals surface area contributed by atoms with Gasteiger partial charge in [0.15, 0.2) is 0 Å². The zero-order valence-corrected chi connectivity index (χ0v) is 13.7. The fraction of sp³-hybridized carbons (Fsp3) is 0.444. The van der Waals surface area contributed by atoms with Crippen LogP contribution in [-0.4, -0.2) is 44.0 Å². The zero-order chi connectivity index (χ0) is 17.6. The molecule has 1 aliphatic heterocycles. The highest BCUT2D eigenvalue weighted by Gasteiger charge is 2.54. The first kappa shape index (κ1) is 16.2. The number of hydrogen-bond donors (Lipinski definition) is 2. The number of hydrogen-bond acceptors (Lipinski definition) is 4. The maximum atomic E-state index is 14.2. The molecule has 2 aromatic rings. The molecule has 1 amide bonds. The Bertz CT molecular complexity index is 816. The van der Waals surface area contributed by atoms with Crippen LogP contribution in [0.1, 0.15) is 35.9 Å². The van der Waals surface area contributed by atoms with Gasteiger partial charge in [-0.3, -0.25) is 9.48 Å². The minimum atomic E-state index is -1.02. The average Bonchev–Trinajstić information content (AvgIpc) is 3.32. The van der Waals surface area contributed by atoms with Gasteiger partial charge in [-0.15, -0.1) is 0 Å². The van der Waals surface area contributed by atoms with Crippen molar-refractivity contribution in [2.45, 2.75) is 37.5 Å². The quantitative estimate of drug-likeness (QED) is 0.870. The number of carbonyl (C=O) groups excluding carboxylic acids is 1. The Hall–Kier alpha value is -2.25. The fourth-order valence-corrected chi connectivity index (χ4v) is 3.59. The number of fused-ring (bicyclic) bond motifs is 1. The van der Waals surface area contributed by atoms with Crippen LogP contribution in [-0.2, 0) is 23.3 Å². The summed E-state index contributed by atoms with van der Waals surface area (Å²) in [6.07, 6.45) is 0.309. The first-order valence-corrected chi connectivity index (χ1v) is 8.45. The van der Waals surface area contributed by atoms with E-state index in [9.17, 15) is 14.3 Å². The van der Waals surface area contributed by atoms with Gasteiger partial charge in [0.25, 0.3) is 0 Å². The number of rotatable bonds is 4. The van der Waals surface area contributed by atoms with E-state index < -0.39 is 18.1 Å². The lowest BCUT2D eigenvalue weighted by Gasteiger charge is -2.31. The number of benzene rings is 1. The summed E-state index contributed by atoms with van der Waals surface area (Å²) in [6.45, 7) is 1.00. The highest BCUT2D eigenvalue weighted by molar-refractivity contribution is 5.91. The van der Waals surface area contributed by atoms with Crippen molar-refractivity contribution in [3.05, 3.63) is 53.1 Å². The van der Waals surface area contributed by atoms with Crippen LogP contribution in [0.3, 0.4) is 0 Å². The molecule has 1 fully saturated rings. The van der Waals surface area contributed by atoms with Crippen molar-refractivity contribution in [2.75, 3.05) is 13.2 Å². The van der Waals surface area contributed by atoms with E-state index in [1.807, 2.05) is 0 Å². The topological polar surface area (TPSA) is 78.6 Å². The number of carbonyl (C=O) groups is 1. The second kappa shape index (κ2) is 5.93. The lowest BCUT2D eigenvalue weighted by Crippen LogP contribution is -2.44. The summed E-state index contributed by atoms with van der Waals surface area (Å²) in [7, 11) is 0. The summed E-state index contributed by atoms with van der Waals surface area (Å²) in [5, 5.41) is 23.1. The molecule has 1 saturated carbocycles. The van der Waals surface area contributed by atoms with Gasteiger partial charge in [-0.25, -0.2) is 4.39 Å². The lowest BCUT2D eigenvalue weighted by atomic mass is 9.93. The molecule has 2 heterocycles. The van der Waals surface area contributed by atoms with Crippen molar-refractivity contribution in [1.82, 2.24) is 14.7 Å². The molecule has 0 radical (unpaired) electrons. The summed E-state index contributed by atoms with van der Waals surface area (Å²) in [4.78, 5) is 14.8.